The lowest BCUT2D eigenvalue weighted by molar-refractivity contribution is -0.140. The van der Waals surface area contributed by atoms with Gasteiger partial charge in [0.15, 0.2) is 0 Å². The number of amides is 1. The fourth-order valence-corrected chi connectivity index (χ4v) is 3.65. The molecular formula is C25H25F4N3O3. The van der Waals surface area contributed by atoms with Gasteiger partial charge in [0.2, 0.25) is 0 Å². The van der Waals surface area contributed by atoms with E-state index < -0.39 is 40.5 Å². The van der Waals surface area contributed by atoms with Gasteiger partial charge in [-0.25, -0.2) is 9.37 Å². The van der Waals surface area contributed by atoms with Crippen LogP contribution in [-0.4, -0.2) is 23.0 Å². The lowest BCUT2D eigenvalue weighted by Crippen LogP contribution is -2.33. The van der Waals surface area contributed by atoms with E-state index in [1.54, 1.807) is 26.2 Å². The Labute approximate surface area is 199 Å². The van der Waals surface area contributed by atoms with E-state index in [1.807, 2.05) is 26.0 Å². The number of hydrogen-bond donors (Lipinski definition) is 2. The third kappa shape index (κ3) is 5.70. The predicted octanol–water partition coefficient (Wildman–Crippen LogP) is 5.14. The van der Waals surface area contributed by atoms with Crippen molar-refractivity contribution in [3.05, 3.63) is 92.9 Å². The standard InChI is InChI=1S/C25H25F4N3O3/c1-5-19(14-6-11-17(18(26)12-14)25(27,28)29)30-22(34)20-13-21(33)32-23(31-20)24(2,3)15-7-9-16(35-4)10-8-15/h6-13,19H,5H2,1-4H3,(H,30,34)(H,31,32,33). The van der Waals surface area contributed by atoms with Crippen LogP contribution in [0.3, 0.4) is 0 Å². The summed E-state index contributed by atoms with van der Waals surface area (Å²) >= 11 is 0. The van der Waals surface area contributed by atoms with Gasteiger partial charge in [0.25, 0.3) is 11.5 Å². The van der Waals surface area contributed by atoms with Crippen molar-refractivity contribution in [1.29, 1.82) is 0 Å². The summed E-state index contributed by atoms with van der Waals surface area (Å²) in [4.78, 5) is 32.3. The van der Waals surface area contributed by atoms with Gasteiger partial charge in [0.05, 0.1) is 18.7 Å². The zero-order valence-electron chi connectivity index (χ0n) is 19.6. The second kappa shape index (κ2) is 9.89. The van der Waals surface area contributed by atoms with E-state index in [0.29, 0.717) is 11.8 Å². The summed E-state index contributed by atoms with van der Waals surface area (Å²) in [5.74, 6) is -1.24. The molecule has 2 aromatic carbocycles. The predicted molar refractivity (Wildman–Crippen MR) is 122 cm³/mol. The van der Waals surface area contributed by atoms with Crippen LogP contribution in [-0.2, 0) is 11.6 Å². The second-order valence-electron chi connectivity index (χ2n) is 8.50. The molecule has 3 aromatic rings. The molecule has 0 saturated heterocycles. The fourth-order valence-electron chi connectivity index (χ4n) is 3.65. The highest BCUT2D eigenvalue weighted by atomic mass is 19.4. The number of aromatic nitrogens is 2. The Morgan fingerprint density at radius 1 is 1.11 bits per heavy atom. The number of nitrogens with one attached hydrogen (secondary N) is 2. The Morgan fingerprint density at radius 3 is 2.31 bits per heavy atom. The van der Waals surface area contributed by atoms with E-state index in [0.717, 1.165) is 23.8 Å². The van der Waals surface area contributed by atoms with E-state index in [-0.39, 0.29) is 23.5 Å². The Morgan fingerprint density at radius 2 is 1.77 bits per heavy atom. The zero-order valence-corrected chi connectivity index (χ0v) is 19.6. The summed E-state index contributed by atoms with van der Waals surface area (Å²) in [7, 11) is 1.55. The van der Waals surface area contributed by atoms with Gasteiger partial charge < -0.3 is 15.0 Å². The number of nitrogens with zero attached hydrogens (tertiary/aromatic N) is 1. The van der Waals surface area contributed by atoms with Gasteiger partial charge in [-0.3, -0.25) is 9.59 Å². The Hall–Kier alpha value is -3.69. The van der Waals surface area contributed by atoms with Crippen molar-refractivity contribution < 1.29 is 27.1 Å². The highest BCUT2D eigenvalue weighted by Crippen LogP contribution is 2.33. The smallest absolute Gasteiger partial charge is 0.419 e. The molecule has 0 aliphatic rings. The largest absolute Gasteiger partial charge is 0.497 e. The van der Waals surface area contributed by atoms with Crippen LogP contribution in [0.2, 0.25) is 0 Å². The molecule has 1 atom stereocenters. The highest BCUT2D eigenvalue weighted by Gasteiger charge is 2.34. The van der Waals surface area contributed by atoms with Gasteiger partial charge in [-0.2, -0.15) is 13.2 Å². The quantitative estimate of drug-likeness (QED) is 0.448. The van der Waals surface area contributed by atoms with Crippen molar-refractivity contribution >= 4 is 5.91 Å². The molecule has 6 nitrogen and oxygen atoms in total. The maximum absolute atomic E-state index is 14.1. The molecule has 2 N–H and O–H groups in total. The molecule has 0 aliphatic heterocycles. The molecule has 0 radical (unpaired) electrons. The van der Waals surface area contributed by atoms with Crippen LogP contribution in [0.25, 0.3) is 0 Å². The molecule has 1 heterocycles. The van der Waals surface area contributed by atoms with Gasteiger partial charge in [0, 0.05) is 11.5 Å². The fraction of sp³-hybridized carbons (Fsp3) is 0.320. The third-order valence-corrected chi connectivity index (χ3v) is 5.79. The molecule has 1 amide bonds. The zero-order chi connectivity index (χ0) is 26.0. The second-order valence-corrected chi connectivity index (χ2v) is 8.50. The highest BCUT2D eigenvalue weighted by molar-refractivity contribution is 5.92. The van der Waals surface area contributed by atoms with E-state index in [4.69, 9.17) is 4.74 Å². The van der Waals surface area contributed by atoms with Gasteiger partial charge in [0.1, 0.15) is 23.1 Å². The van der Waals surface area contributed by atoms with Crippen LogP contribution in [0.4, 0.5) is 17.6 Å². The Balaban J connectivity index is 1.89. The van der Waals surface area contributed by atoms with Crippen molar-refractivity contribution in [3.8, 4) is 5.75 Å². The number of methoxy groups -OCH3 is 1. The molecule has 186 valence electrons. The maximum atomic E-state index is 14.1. The molecule has 0 bridgehead atoms. The van der Waals surface area contributed by atoms with Crippen molar-refractivity contribution in [1.82, 2.24) is 15.3 Å². The van der Waals surface area contributed by atoms with E-state index in [1.165, 1.54) is 0 Å². The van der Waals surface area contributed by atoms with Crippen LogP contribution < -0.4 is 15.6 Å². The number of carbonyl (C=O) groups is 1. The van der Waals surface area contributed by atoms with E-state index in [2.05, 4.69) is 15.3 Å². The van der Waals surface area contributed by atoms with Crippen molar-refractivity contribution in [2.24, 2.45) is 0 Å². The summed E-state index contributed by atoms with van der Waals surface area (Å²) in [6, 6.07) is 9.91. The molecule has 10 heteroatoms. The van der Waals surface area contributed by atoms with Crippen molar-refractivity contribution in [2.45, 2.75) is 44.8 Å². The first-order chi connectivity index (χ1) is 16.4. The Bertz CT molecular complexity index is 1270. The molecule has 1 aromatic heterocycles. The maximum Gasteiger partial charge on any atom is 0.419 e. The minimum atomic E-state index is -4.82. The summed E-state index contributed by atoms with van der Waals surface area (Å²) in [5, 5.41) is 2.63. The first-order valence-electron chi connectivity index (χ1n) is 10.8. The van der Waals surface area contributed by atoms with Crippen molar-refractivity contribution in [3.63, 3.8) is 0 Å². The molecule has 1 unspecified atom stereocenters. The van der Waals surface area contributed by atoms with Crippen molar-refractivity contribution in [2.75, 3.05) is 7.11 Å². The monoisotopic (exact) mass is 491 g/mol. The number of hydrogen-bond acceptors (Lipinski definition) is 4. The minimum absolute atomic E-state index is 0.162. The average molecular weight is 491 g/mol. The van der Waals surface area contributed by atoms with E-state index >= 15 is 0 Å². The number of alkyl halides is 3. The number of H-pyrrole nitrogens is 1. The normalized spacial score (nSPS) is 12.8. The topological polar surface area (TPSA) is 84.1 Å². The minimum Gasteiger partial charge on any atom is -0.497 e. The van der Waals surface area contributed by atoms with Gasteiger partial charge >= 0.3 is 6.18 Å². The summed E-state index contributed by atoms with van der Waals surface area (Å²) in [6.45, 7) is 5.34. The third-order valence-electron chi connectivity index (χ3n) is 5.79. The van der Waals surface area contributed by atoms with E-state index in [9.17, 15) is 27.2 Å². The van der Waals surface area contributed by atoms with Crippen LogP contribution in [0, 0.1) is 5.82 Å². The molecule has 0 saturated carbocycles. The van der Waals surface area contributed by atoms with Gasteiger partial charge in [-0.05, 0) is 55.7 Å². The Kier molecular flexibility index (Phi) is 7.33. The number of aromatic amines is 1. The van der Waals surface area contributed by atoms with Crippen LogP contribution in [0.1, 0.15) is 66.2 Å². The van der Waals surface area contributed by atoms with Crippen LogP contribution in [0.15, 0.2) is 53.3 Å². The summed E-state index contributed by atoms with van der Waals surface area (Å²) in [6.07, 6.45) is -4.56. The lowest BCUT2D eigenvalue weighted by Gasteiger charge is -2.25. The molecule has 0 fully saturated rings. The first kappa shape index (κ1) is 25.9. The van der Waals surface area contributed by atoms with Gasteiger partial charge in [-0.15, -0.1) is 0 Å². The summed E-state index contributed by atoms with van der Waals surface area (Å²) < 4.78 is 57.8. The number of rotatable bonds is 7. The summed E-state index contributed by atoms with van der Waals surface area (Å²) in [5.41, 5.74) is -1.90. The molecule has 0 aliphatic carbocycles. The SMILES string of the molecule is CCC(NC(=O)c1cc(=O)[nH]c(C(C)(C)c2ccc(OC)cc2)n1)c1ccc(C(F)(F)F)c(F)c1. The van der Waals surface area contributed by atoms with Gasteiger partial charge in [-0.1, -0.05) is 25.1 Å². The number of carbonyl (C=O) groups excluding carboxylic acids is 1. The molecule has 3 rings (SSSR count). The molecule has 35 heavy (non-hydrogen) atoms. The van der Waals surface area contributed by atoms with Crippen LogP contribution in [0.5, 0.6) is 5.75 Å². The number of ether oxygens (including phenoxy) is 1. The molecular weight excluding hydrogens is 466 g/mol. The number of benzene rings is 2. The molecule has 0 spiro atoms. The van der Waals surface area contributed by atoms with Crippen LogP contribution >= 0.6 is 0 Å². The average Bonchev–Trinajstić information content (AvgIpc) is 2.81. The first-order valence-corrected chi connectivity index (χ1v) is 10.8. The lowest BCUT2D eigenvalue weighted by atomic mass is 9.83. The number of halogens is 4.